The molecule has 2 N–H and O–H groups in total. The maximum atomic E-state index is 13.8. The molecule has 2 aromatic carbocycles. The average molecular weight is 489 g/mol. The summed E-state index contributed by atoms with van der Waals surface area (Å²) in [6, 6.07) is 6.25. The maximum absolute atomic E-state index is 13.8. The third-order valence-electron chi connectivity index (χ3n) is 4.73. The topological polar surface area (TPSA) is 62.0 Å². The van der Waals surface area contributed by atoms with Crippen molar-refractivity contribution in [2.24, 2.45) is 0 Å². The van der Waals surface area contributed by atoms with Crippen molar-refractivity contribution in [3.8, 4) is 0 Å². The van der Waals surface area contributed by atoms with Crippen molar-refractivity contribution in [2.75, 3.05) is 0 Å². The van der Waals surface area contributed by atoms with E-state index in [0.717, 1.165) is 5.56 Å². The second-order valence-corrected chi connectivity index (χ2v) is 9.63. The number of halogens is 4. The zero-order valence-corrected chi connectivity index (χ0v) is 18.4. The molecule has 0 spiro atoms. The van der Waals surface area contributed by atoms with E-state index in [0.29, 0.717) is 32.1 Å². The van der Waals surface area contributed by atoms with Gasteiger partial charge in [0.05, 0.1) is 4.90 Å². The van der Waals surface area contributed by atoms with Gasteiger partial charge in [-0.1, -0.05) is 39.7 Å². The molecule has 1 atom stereocenters. The van der Waals surface area contributed by atoms with Gasteiger partial charge in [-0.3, -0.25) is 0 Å². The molecule has 1 unspecified atom stereocenters. The van der Waals surface area contributed by atoms with Crippen molar-refractivity contribution in [1.82, 2.24) is 9.71 Å². The van der Waals surface area contributed by atoms with Crippen LogP contribution in [-0.2, 0) is 16.4 Å². The Morgan fingerprint density at radius 1 is 1.14 bits per heavy atom. The molecule has 3 aromatic rings. The summed E-state index contributed by atoms with van der Waals surface area (Å²) in [6.07, 6.45) is -3.81. The van der Waals surface area contributed by atoms with Crippen LogP contribution in [-0.4, -0.2) is 25.6 Å². The minimum Gasteiger partial charge on any atom is -0.361 e. The zero-order chi connectivity index (χ0) is 21.6. The van der Waals surface area contributed by atoms with Crippen LogP contribution in [0.4, 0.5) is 13.2 Å². The number of aryl methyl sites for hydroxylation is 3. The number of rotatable bonds is 5. The summed E-state index contributed by atoms with van der Waals surface area (Å²) in [5.41, 5.74) is 2.70. The van der Waals surface area contributed by atoms with Gasteiger partial charge in [0.1, 0.15) is 6.04 Å². The first-order chi connectivity index (χ1) is 13.4. The largest absolute Gasteiger partial charge is 0.405 e. The molecular weight excluding hydrogens is 469 g/mol. The normalized spacial score (nSPS) is 13.8. The fourth-order valence-electron chi connectivity index (χ4n) is 3.65. The van der Waals surface area contributed by atoms with Crippen LogP contribution in [0.1, 0.15) is 22.3 Å². The highest BCUT2D eigenvalue weighted by molar-refractivity contribution is 9.10. The van der Waals surface area contributed by atoms with Crippen molar-refractivity contribution in [1.29, 1.82) is 0 Å². The van der Waals surface area contributed by atoms with Crippen molar-refractivity contribution in [3.05, 3.63) is 63.3 Å². The standard InChI is InChI=1S/C20H20BrF3N2O2S/c1-11-7-12(2)19(13(3)8-11)29(27,28)26-17(20(22,23)24)9-14-10-25-16-6-4-5-15(21)18(14)16/h4-8,10,17,25-26H,9H2,1-3H3. The van der Waals surface area contributed by atoms with Crippen LogP contribution in [0.3, 0.4) is 0 Å². The highest BCUT2D eigenvalue weighted by atomic mass is 79.9. The number of benzene rings is 2. The van der Waals surface area contributed by atoms with Gasteiger partial charge < -0.3 is 4.98 Å². The molecule has 0 amide bonds. The molecule has 3 rings (SSSR count). The van der Waals surface area contributed by atoms with Gasteiger partial charge in [-0.25, -0.2) is 8.42 Å². The Kier molecular flexibility index (Phi) is 5.86. The predicted molar refractivity (Wildman–Crippen MR) is 111 cm³/mol. The molecular formula is C20H20BrF3N2O2S. The van der Waals surface area contributed by atoms with Gasteiger partial charge in [0.15, 0.2) is 0 Å². The first-order valence-electron chi connectivity index (χ1n) is 8.81. The molecule has 1 aromatic heterocycles. The number of alkyl halides is 3. The number of aromatic amines is 1. The number of H-pyrrole nitrogens is 1. The summed E-state index contributed by atoms with van der Waals surface area (Å²) in [5, 5.41) is 0.601. The Morgan fingerprint density at radius 3 is 2.34 bits per heavy atom. The molecule has 0 aliphatic carbocycles. The van der Waals surface area contributed by atoms with E-state index in [1.807, 2.05) is 4.72 Å². The van der Waals surface area contributed by atoms with Gasteiger partial charge >= 0.3 is 6.18 Å². The van der Waals surface area contributed by atoms with Gasteiger partial charge in [-0.05, 0) is 56.0 Å². The van der Waals surface area contributed by atoms with E-state index in [1.54, 1.807) is 51.1 Å². The lowest BCUT2D eigenvalue weighted by atomic mass is 10.1. The number of sulfonamides is 1. The van der Waals surface area contributed by atoms with E-state index in [4.69, 9.17) is 0 Å². The van der Waals surface area contributed by atoms with Crippen LogP contribution in [0.15, 0.2) is 45.9 Å². The van der Waals surface area contributed by atoms with E-state index in [9.17, 15) is 21.6 Å². The number of hydrogen-bond acceptors (Lipinski definition) is 2. The monoisotopic (exact) mass is 488 g/mol. The van der Waals surface area contributed by atoms with E-state index in [1.165, 1.54) is 6.20 Å². The number of fused-ring (bicyclic) bond motifs is 1. The van der Waals surface area contributed by atoms with Crippen LogP contribution in [0.5, 0.6) is 0 Å². The van der Waals surface area contributed by atoms with Crippen molar-refractivity contribution in [2.45, 2.75) is 44.3 Å². The maximum Gasteiger partial charge on any atom is 0.405 e. The van der Waals surface area contributed by atoms with Crippen LogP contribution >= 0.6 is 15.9 Å². The first-order valence-corrected chi connectivity index (χ1v) is 11.1. The number of hydrogen-bond donors (Lipinski definition) is 2. The van der Waals surface area contributed by atoms with Crippen LogP contribution in [0.2, 0.25) is 0 Å². The van der Waals surface area contributed by atoms with Gasteiger partial charge in [-0.15, -0.1) is 0 Å². The highest BCUT2D eigenvalue weighted by Gasteiger charge is 2.43. The summed E-state index contributed by atoms with van der Waals surface area (Å²) < 4.78 is 69.6. The Hall–Kier alpha value is -1.84. The lowest BCUT2D eigenvalue weighted by molar-refractivity contribution is -0.150. The molecule has 0 bridgehead atoms. The van der Waals surface area contributed by atoms with E-state index in [-0.39, 0.29) is 4.90 Å². The molecule has 0 aliphatic heterocycles. The minimum atomic E-state index is -4.76. The lowest BCUT2D eigenvalue weighted by Crippen LogP contribution is -2.47. The minimum absolute atomic E-state index is 0.113. The van der Waals surface area contributed by atoms with Crippen LogP contribution in [0, 0.1) is 20.8 Å². The Morgan fingerprint density at radius 2 is 1.76 bits per heavy atom. The molecule has 4 nitrogen and oxygen atoms in total. The number of nitrogens with one attached hydrogen (secondary N) is 2. The third-order valence-corrected chi connectivity index (χ3v) is 7.16. The smallest absolute Gasteiger partial charge is 0.361 e. The van der Waals surface area contributed by atoms with Gasteiger partial charge in [-0.2, -0.15) is 17.9 Å². The van der Waals surface area contributed by atoms with Gasteiger partial charge in [0, 0.05) is 21.6 Å². The van der Waals surface area contributed by atoms with Crippen molar-refractivity contribution >= 4 is 36.9 Å². The van der Waals surface area contributed by atoms with Crippen LogP contribution in [0.25, 0.3) is 10.9 Å². The van der Waals surface area contributed by atoms with Crippen molar-refractivity contribution < 1.29 is 21.6 Å². The summed E-state index contributed by atoms with van der Waals surface area (Å²) in [4.78, 5) is 2.82. The van der Waals surface area contributed by atoms with Gasteiger partial charge in [0.25, 0.3) is 0 Å². The highest BCUT2D eigenvalue weighted by Crippen LogP contribution is 2.32. The third kappa shape index (κ3) is 4.51. The molecule has 0 saturated carbocycles. The second kappa shape index (κ2) is 7.77. The van der Waals surface area contributed by atoms with E-state index in [2.05, 4.69) is 20.9 Å². The molecule has 0 radical (unpaired) electrons. The Bertz CT molecular complexity index is 1150. The summed E-state index contributed by atoms with van der Waals surface area (Å²) in [7, 11) is -4.38. The fraction of sp³-hybridized carbons (Fsp3) is 0.300. The lowest BCUT2D eigenvalue weighted by Gasteiger charge is -2.23. The first kappa shape index (κ1) is 21.9. The molecule has 0 saturated heterocycles. The average Bonchev–Trinajstić information content (AvgIpc) is 2.96. The summed E-state index contributed by atoms with van der Waals surface area (Å²) in [6.45, 7) is 4.96. The van der Waals surface area contributed by atoms with Crippen molar-refractivity contribution in [3.63, 3.8) is 0 Å². The molecule has 1 heterocycles. The zero-order valence-electron chi connectivity index (χ0n) is 16.0. The van der Waals surface area contributed by atoms with E-state index >= 15 is 0 Å². The number of aromatic nitrogens is 1. The quantitative estimate of drug-likeness (QED) is 0.511. The Balaban J connectivity index is 2.00. The molecule has 0 aliphatic rings. The molecule has 9 heteroatoms. The second-order valence-electron chi connectivity index (χ2n) is 7.12. The summed E-state index contributed by atoms with van der Waals surface area (Å²) >= 11 is 3.35. The fourth-order valence-corrected chi connectivity index (χ4v) is 5.95. The van der Waals surface area contributed by atoms with Gasteiger partial charge in [0.2, 0.25) is 10.0 Å². The van der Waals surface area contributed by atoms with Crippen LogP contribution < -0.4 is 4.72 Å². The SMILES string of the molecule is Cc1cc(C)c(S(=O)(=O)NC(Cc2c[nH]c3cccc(Br)c23)C(F)(F)F)c(C)c1. The molecule has 29 heavy (non-hydrogen) atoms. The molecule has 0 fully saturated rings. The summed E-state index contributed by atoms with van der Waals surface area (Å²) in [5.74, 6) is 0. The Labute approximate surface area is 175 Å². The predicted octanol–water partition coefficient (Wildman–Crippen LogP) is 5.31. The van der Waals surface area contributed by atoms with E-state index < -0.39 is 28.7 Å². The molecule has 156 valence electrons.